The van der Waals surface area contributed by atoms with Crippen LogP contribution in [0.5, 0.6) is 0 Å². The average molecular weight is 549 g/mol. The summed E-state index contributed by atoms with van der Waals surface area (Å²) in [6.07, 6.45) is 4.56. The van der Waals surface area contributed by atoms with Gasteiger partial charge >= 0.3 is 0 Å². The van der Waals surface area contributed by atoms with Crippen LogP contribution >= 0.6 is 11.6 Å². The van der Waals surface area contributed by atoms with Crippen molar-refractivity contribution in [2.75, 3.05) is 26.8 Å². The lowest BCUT2D eigenvalue weighted by Gasteiger charge is -2.44. The van der Waals surface area contributed by atoms with Gasteiger partial charge in [0.15, 0.2) is 0 Å². The van der Waals surface area contributed by atoms with E-state index >= 15 is 0 Å². The molecule has 3 aromatic carbocycles. The predicted octanol–water partition coefficient (Wildman–Crippen LogP) is 6.25. The maximum atomic E-state index is 13.5. The van der Waals surface area contributed by atoms with Gasteiger partial charge in [0.25, 0.3) is 5.91 Å². The third kappa shape index (κ3) is 7.09. The van der Waals surface area contributed by atoms with Crippen LogP contribution in [0.1, 0.15) is 70.3 Å². The van der Waals surface area contributed by atoms with E-state index in [0.29, 0.717) is 49.7 Å². The zero-order valence-electron chi connectivity index (χ0n) is 23.2. The normalized spacial score (nSPS) is 17.2. The highest BCUT2D eigenvalue weighted by Crippen LogP contribution is 2.43. The van der Waals surface area contributed by atoms with Crippen LogP contribution in [-0.2, 0) is 23.3 Å². The Kier molecular flexibility index (Phi) is 10.2. The number of methoxy groups -OCH3 is 1. The monoisotopic (exact) mass is 548 g/mol. The van der Waals surface area contributed by atoms with E-state index in [1.807, 2.05) is 47.4 Å². The van der Waals surface area contributed by atoms with Crippen molar-refractivity contribution in [3.8, 4) is 0 Å². The standard InChI is InChI=1S/C33H41ClN2O3/c1-24-8-5-9-26(20-24)21-29-30(11-6-12-31(29)34)33(38,17-3-4-19-39-2)28-10-7-18-36(23-28)32(37)27-15-13-25(22-35)14-16-27/h5-6,8-9,11-16,20,28,38H,3-4,7,10,17-19,21-23,35H2,1-2H3/t28-,33?/m1/s1. The summed E-state index contributed by atoms with van der Waals surface area (Å²) in [5, 5.41) is 13.3. The Hall–Kier alpha value is -2.70. The molecule has 0 aromatic heterocycles. The third-order valence-corrected chi connectivity index (χ3v) is 8.38. The number of hydrogen-bond donors (Lipinski definition) is 2. The van der Waals surface area contributed by atoms with Crippen LogP contribution in [0.15, 0.2) is 66.7 Å². The Bertz CT molecular complexity index is 1250. The van der Waals surface area contributed by atoms with Crippen molar-refractivity contribution in [2.45, 2.75) is 57.6 Å². The first-order valence-electron chi connectivity index (χ1n) is 14.0. The minimum atomic E-state index is -1.12. The Balaban J connectivity index is 1.66. The van der Waals surface area contributed by atoms with E-state index in [9.17, 15) is 9.90 Å². The van der Waals surface area contributed by atoms with Gasteiger partial charge in [-0.15, -0.1) is 0 Å². The molecule has 1 unspecified atom stereocenters. The first-order valence-corrected chi connectivity index (χ1v) is 14.4. The number of halogens is 1. The van der Waals surface area contributed by atoms with E-state index in [-0.39, 0.29) is 11.8 Å². The fraction of sp³-hybridized carbons (Fsp3) is 0.424. The number of aryl methyl sites for hydroxylation is 1. The number of carbonyl (C=O) groups excluding carboxylic acids is 1. The van der Waals surface area contributed by atoms with Gasteiger partial charge in [0.1, 0.15) is 0 Å². The van der Waals surface area contributed by atoms with Crippen molar-refractivity contribution in [2.24, 2.45) is 11.7 Å². The van der Waals surface area contributed by atoms with Crippen LogP contribution in [0.25, 0.3) is 0 Å². The minimum absolute atomic E-state index is 0.00363. The second-order valence-corrected chi connectivity index (χ2v) is 11.2. The largest absolute Gasteiger partial charge is 0.385 e. The van der Waals surface area contributed by atoms with E-state index in [4.69, 9.17) is 22.1 Å². The number of carbonyl (C=O) groups is 1. The number of rotatable bonds is 11. The summed E-state index contributed by atoms with van der Waals surface area (Å²) in [6.45, 7) is 4.35. The summed E-state index contributed by atoms with van der Waals surface area (Å²) in [7, 11) is 1.70. The van der Waals surface area contributed by atoms with Crippen LogP contribution < -0.4 is 5.73 Å². The topological polar surface area (TPSA) is 75.8 Å². The number of unbranched alkanes of at least 4 members (excludes halogenated alkanes) is 1. The molecule has 3 N–H and O–H groups in total. The molecule has 4 rings (SSSR count). The quantitative estimate of drug-likeness (QED) is 0.277. The Morgan fingerprint density at radius 3 is 2.59 bits per heavy atom. The van der Waals surface area contributed by atoms with Gasteiger partial charge in [-0.3, -0.25) is 4.79 Å². The molecule has 6 heteroatoms. The van der Waals surface area contributed by atoms with Crippen LogP contribution in [0, 0.1) is 12.8 Å². The Morgan fingerprint density at radius 1 is 1.10 bits per heavy atom. The molecule has 1 heterocycles. The van der Waals surface area contributed by atoms with Crippen molar-refractivity contribution < 1.29 is 14.6 Å². The molecule has 0 saturated carbocycles. The molecule has 1 aliphatic rings. The highest BCUT2D eigenvalue weighted by molar-refractivity contribution is 6.31. The van der Waals surface area contributed by atoms with Gasteiger partial charge in [-0.05, 0) is 85.9 Å². The lowest BCUT2D eigenvalue weighted by molar-refractivity contribution is -0.0583. The molecule has 1 amide bonds. The summed E-state index contributed by atoms with van der Waals surface area (Å²) in [6, 6.07) is 21.8. The molecule has 0 spiro atoms. The molecular weight excluding hydrogens is 508 g/mol. The second-order valence-electron chi connectivity index (χ2n) is 10.8. The zero-order valence-corrected chi connectivity index (χ0v) is 23.9. The maximum Gasteiger partial charge on any atom is 0.253 e. The van der Waals surface area contributed by atoms with Gasteiger partial charge in [0, 0.05) is 49.9 Å². The molecule has 5 nitrogen and oxygen atoms in total. The third-order valence-electron chi connectivity index (χ3n) is 8.03. The summed E-state index contributed by atoms with van der Waals surface area (Å²) >= 11 is 6.83. The van der Waals surface area contributed by atoms with Gasteiger partial charge in [-0.2, -0.15) is 0 Å². The van der Waals surface area contributed by atoms with Crippen molar-refractivity contribution in [1.29, 1.82) is 0 Å². The number of amides is 1. The highest BCUT2D eigenvalue weighted by atomic mass is 35.5. The predicted molar refractivity (Wildman–Crippen MR) is 158 cm³/mol. The molecule has 1 saturated heterocycles. The number of benzene rings is 3. The van der Waals surface area contributed by atoms with E-state index in [1.54, 1.807) is 7.11 Å². The summed E-state index contributed by atoms with van der Waals surface area (Å²) in [5.41, 5.74) is 10.4. The molecule has 2 atom stereocenters. The smallest absolute Gasteiger partial charge is 0.253 e. The van der Waals surface area contributed by atoms with Gasteiger partial charge in [-0.25, -0.2) is 0 Å². The zero-order chi connectivity index (χ0) is 27.8. The minimum Gasteiger partial charge on any atom is -0.385 e. The van der Waals surface area contributed by atoms with E-state index in [0.717, 1.165) is 47.9 Å². The summed E-state index contributed by atoms with van der Waals surface area (Å²) in [4.78, 5) is 15.4. The Labute approximate surface area is 237 Å². The molecule has 1 aliphatic heterocycles. The average Bonchev–Trinajstić information content (AvgIpc) is 2.96. The van der Waals surface area contributed by atoms with Crippen LogP contribution in [0.3, 0.4) is 0 Å². The van der Waals surface area contributed by atoms with Crippen LogP contribution in [0.2, 0.25) is 5.02 Å². The first kappa shape index (κ1) is 29.3. The number of ether oxygens (including phenoxy) is 1. The van der Waals surface area contributed by atoms with Crippen molar-refractivity contribution >= 4 is 17.5 Å². The van der Waals surface area contributed by atoms with Gasteiger partial charge in [0.2, 0.25) is 0 Å². The molecule has 208 valence electrons. The number of aliphatic hydroxyl groups is 1. The lowest BCUT2D eigenvalue weighted by Crippen LogP contribution is -2.48. The SMILES string of the molecule is COCCCCC(O)(c1cccc(Cl)c1Cc1cccc(C)c1)[C@@H]1CCCN(C(=O)c2ccc(CN)cc2)C1. The van der Waals surface area contributed by atoms with Crippen LogP contribution in [0.4, 0.5) is 0 Å². The molecule has 0 bridgehead atoms. The van der Waals surface area contributed by atoms with Crippen molar-refractivity contribution in [3.05, 3.63) is 105 Å². The molecular formula is C33H41ClN2O3. The molecule has 39 heavy (non-hydrogen) atoms. The first-order chi connectivity index (χ1) is 18.9. The van der Waals surface area contributed by atoms with Crippen molar-refractivity contribution in [1.82, 2.24) is 4.90 Å². The second kappa shape index (κ2) is 13.6. The fourth-order valence-corrected chi connectivity index (χ4v) is 6.13. The summed E-state index contributed by atoms with van der Waals surface area (Å²) in [5.74, 6) is -0.119. The molecule has 3 aromatic rings. The highest BCUT2D eigenvalue weighted by Gasteiger charge is 2.42. The van der Waals surface area contributed by atoms with E-state index in [1.165, 1.54) is 5.56 Å². The lowest BCUT2D eigenvalue weighted by atomic mass is 9.72. The molecule has 0 radical (unpaired) electrons. The Morgan fingerprint density at radius 2 is 1.87 bits per heavy atom. The molecule has 1 fully saturated rings. The van der Waals surface area contributed by atoms with E-state index in [2.05, 4.69) is 31.2 Å². The van der Waals surface area contributed by atoms with Gasteiger partial charge in [-0.1, -0.05) is 65.7 Å². The number of likely N-dealkylation sites (tertiary alicyclic amines) is 1. The van der Waals surface area contributed by atoms with E-state index < -0.39 is 5.60 Å². The van der Waals surface area contributed by atoms with Gasteiger partial charge < -0.3 is 20.5 Å². The van der Waals surface area contributed by atoms with Crippen LogP contribution in [-0.4, -0.2) is 42.7 Å². The number of nitrogens with zero attached hydrogens (tertiary/aromatic N) is 1. The van der Waals surface area contributed by atoms with Gasteiger partial charge in [0.05, 0.1) is 5.60 Å². The van der Waals surface area contributed by atoms with Crippen molar-refractivity contribution in [3.63, 3.8) is 0 Å². The number of hydrogen-bond acceptors (Lipinski definition) is 4. The molecule has 0 aliphatic carbocycles. The maximum absolute atomic E-state index is 13.5. The number of piperidine rings is 1. The fourth-order valence-electron chi connectivity index (χ4n) is 5.89. The summed E-state index contributed by atoms with van der Waals surface area (Å²) < 4.78 is 5.29. The number of nitrogens with two attached hydrogens (primary N) is 1.